The predicted molar refractivity (Wildman–Crippen MR) is 124 cm³/mol. The minimum absolute atomic E-state index is 0.204. The number of alkyl halides is 3. The van der Waals surface area contributed by atoms with Crippen LogP contribution in [0.4, 0.5) is 22.0 Å². The number of nitrogens with zero attached hydrogens (tertiary/aromatic N) is 2. The molecule has 0 atom stereocenters. The molecule has 8 heteroatoms. The van der Waals surface area contributed by atoms with Crippen LogP contribution in [0, 0.1) is 11.6 Å². The third-order valence-corrected chi connectivity index (χ3v) is 5.71. The number of halogens is 5. The first-order chi connectivity index (χ1) is 16.8. The van der Waals surface area contributed by atoms with Crippen molar-refractivity contribution in [2.24, 2.45) is 0 Å². The predicted octanol–water partition coefficient (Wildman–Crippen LogP) is 7.56. The van der Waals surface area contributed by atoms with Gasteiger partial charge in [0.25, 0.3) is 0 Å². The van der Waals surface area contributed by atoms with Gasteiger partial charge >= 0.3 is 6.18 Å². The number of aryl methyl sites for hydroxylation is 2. The molecule has 182 valence electrons. The summed E-state index contributed by atoms with van der Waals surface area (Å²) in [7, 11) is 0. The molecule has 3 aromatic carbocycles. The summed E-state index contributed by atoms with van der Waals surface area (Å²) >= 11 is 0. The zero-order valence-corrected chi connectivity index (χ0v) is 19.0. The highest BCUT2D eigenvalue weighted by Gasteiger charge is 2.33. The van der Waals surface area contributed by atoms with Crippen molar-refractivity contribution in [3.63, 3.8) is 0 Å². The Morgan fingerprint density at radius 3 is 2.34 bits per heavy atom. The SMILES string of the molecule is CCCCOc1cnc(-c2ccc3c(F)c(CCc4ccc(C(F)(F)F)c(F)c4)ccc3c2)nc1. The van der Waals surface area contributed by atoms with Gasteiger partial charge in [0.2, 0.25) is 0 Å². The van der Waals surface area contributed by atoms with Crippen LogP contribution < -0.4 is 4.74 Å². The van der Waals surface area contributed by atoms with Crippen molar-refractivity contribution in [1.29, 1.82) is 0 Å². The van der Waals surface area contributed by atoms with E-state index in [-0.39, 0.29) is 12.8 Å². The van der Waals surface area contributed by atoms with Gasteiger partial charge in [0.05, 0.1) is 24.6 Å². The maximum absolute atomic E-state index is 15.1. The Bertz CT molecular complexity index is 1320. The van der Waals surface area contributed by atoms with Gasteiger partial charge in [-0.3, -0.25) is 0 Å². The molecule has 3 nitrogen and oxygen atoms in total. The van der Waals surface area contributed by atoms with Crippen molar-refractivity contribution >= 4 is 10.8 Å². The molecule has 4 aromatic rings. The van der Waals surface area contributed by atoms with Gasteiger partial charge in [-0.05, 0) is 54.0 Å². The number of hydrogen-bond donors (Lipinski definition) is 0. The van der Waals surface area contributed by atoms with Gasteiger partial charge in [-0.2, -0.15) is 13.2 Å². The van der Waals surface area contributed by atoms with Gasteiger partial charge in [0.1, 0.15) is 11.6 Å². The van der Waals surface area contributed by atoms with E-state index in [0.29, 0.717) is 40.1 Å². The maximum Gasteiger partial charge on any atom is 0.419 e. The molecule has 0 saturated carbocycles. The second kappa shape index (κ2) is 10.4. The van der Waals surface area contributed by atoms with E-state index in [0.717, 1.165) is 30.5 Å². The molecule has 0 radical (unpaired) electrons. The molecular weight excluding hydrogens is 463 g/mol. The third kappa shape index (κ3) is 5.75. The molecule has 0 unspecified atom stereocenters. The summed E-state index contributed by atoms with van der Waals surface area (Å²) in [5.41, 5.74) is 0.182. The van der Waals surface area contributed by atoms with Crippen molar-refractivity contribution in [3.05, 3.63) is 89.2 Å². The van der Waals surface area contributed by atoms with Gasteiger partial charge in [-0.1, -0.05) is 43.7 Å². The van der Waals surface area contributed by atoms with Crippen LogP contribution in [0.3, 0.4) is 0 Å². The summed E-state index contributed by atoms with van der Waals surface area (Å²) in [5, 5.41) is 1.07. The molecule has 1 aromatic heterocycles. The van der Waals surface area contributed by atoms with E-state index in [2.05, 4.69) is 16.9 Å². The van der Waals surface area contributed by atoms with Gasteiger partial charge < -0.3 is 4.74 Å². The molecule has 0 bridgehead atoms. The zero-order valence-electron chi connectivity index (χ0n) is 19.0. The average Bonchev–Trinajstić information content (AvgIpc) is 2.83. The van der Waals surface area contributed by atoms with Gasteiger partial charge in [0, 0.05) is 10.9 Å². The van der Waals surface area contributed by atoms with Crippen LogP contribution in [0.5, 0.6) is 5.75 Å². The summed E-state index contributed by atoms with van der Waals surface area (Å²) in [6.07, 6.45) is 0.865. The van der Waals surface area contributed by atoms with Crippen molar-refractivity contribution in [1.82, 2.24) is 9.97 Å². The van der Waals surface area contributed by atoms with E-state index in [4.69, 9.17) is 4.74 Å². The van der Waals surface area contributed by atoms with E-state index >= 15 is 4.39 Å². The monoisotopic (exact) mass is 486 g/mol. The minimum atomic E-state index is -4.75. The molecule has 0 spiro atoms. The van der Waals surface area contributed by atoms with Crippen molar-refractivity contribution in [2.75, 3.05) is 6.61 Å². The molecule has 0 saturated heterocycles. The van der Waals surface area contributed by atoms with Gasteiger partial charge in [-0.25, -0.2) is 18.7 Å². The lowest BCUT2D eigenvalue weighted by atomic mass is 9.98. The number of aromatic nitrogens is 2. The normalized spacial score (nSPS) is 11.7. The summed E-state index contributed by atoms with van der Waals surface area (Å²) in [4.78, 5) is 8.67. The van der Waals surface area contributed by atoms with Crippen LogP contribution in [0.2, 0.25) is 0 Å². The molecule has 0 fully saturated rings. The largest absolute Gasteiger partial charge is 0.490 e. The van der Waals surface area contributed by atoms with Crippen molar-refractivity contribution in [2.45, 2.75) is 38.8 Å². The molecule has 0 amide bonds. The lowest BCUT2D eigenvalue weighted by Crippen LogP contribution is -2.08. The fourth-order valence-corrected chi connectivity index (χ4v) is 3.77. The first-order valence-corrected chi connectivity index (χ1v) is 11.3. The fourth-order valence-electron chi connectivity index (χ4n) is 3.77. The zero-order chi connectivity index (χ0) is 25.0. The Hall–Kier alpha value is -3.55. The standard InChI is InChI=1S/C27H23F5N2O/c1-2-3-12-35-21-15-33-26(34-16-21)20-9-10-22-19(14-20)8-7-18(25(22)29)6-4-17-5-11-23(24(28)13-17)27(30,31)32/h5,7-11,13-16H,2-4,6,12H2,1H3. The molecule has 1 heterocycles. The van der Waals surface area contributed by atoms with Crippen LogP contribution in [0.25, 0.3) is 22.2 Å². The second-order valence-corrected chi connectivity index (χ2v) is 8.23. The van der Waals surface area contributed by atoms with Crippen molar-refractivity contribution < 1.29 is 26.7 Å². The second-order valence-electron chi connectivity index (χ2n) is 8.23. The summed E-state index contributed by atoms with van der Waals surface area (Å²) < 4.78 is 72.7. The van der Waals surface area contributed by atoms with Crippen LogP contribution in [0.15, 0.2) is 60.9 Å². The Kier molecular flexibility index (Phi) is 7.28. The van der Waals surface area contributed by atoms with E-state index in [9.17, 15) is 17.6 Å². The van der Waals surface area contributed by atoms with Crippen LogP contribution in [0.1, 0.15) is 36.5 Å². The number of fused-ring (bicyclic) bond motifs is 1. The fraction of sp³-hybridized carbons (Fsp3) is 0.259. The highest BCUT2D eigenvalue weighted by molar-refractivity contribution is 5.87. The summed E-state index contributed by atoms with van der Waals surface area (Å²) in [6.45, 7) is 2.68. The number of rotatable bonds is 8. The Morgan fingerprint density at radius 1 is 0.886 bits per heavy atom. The molecular formula is C27H23F5N2O. The van der Waals surface area contributed by atoms with Crippen molar-refractivity contribution in [3.8, 4) is 17.1 Å². The van der Waals surface area contributed by atoms with Crippen LogP contribution in [-0.2, 0) is 19.0 Å². The van der Waals surface area contributed by atoms with E-state index in [1.807, 2.05) is 0 Å². The van der Waals surface area contributed by atoms with E-state index < -0.39 is 23.4 Å². The maximum atomic E-state index is 15.1. The Balaban J connectivity index is 1.49. The van der Waals surface area contributed by atoms with E-state index in [1.165, 1.54) is 6.07 Å². The quantitative estimate of drug-likeness (QED) is 0.190. The minimum Gasteiger partial charge on any atom is -0.490 e. The summed E-state index contributed by atoms with van der Waals surface area (Å²) in [5.74, 6) is -0.665. The number of hydrogen-bond acceptors (Lipinski definition) is 3. The molecule has 35 heavy (non-hydrogen) atoms. The first-order valence-electron chi connectivity index (χ1n) is 11.3. The number of unbranched alkanes of at least 4 members (excludes halogenated alkanes) is 1. The lowest BCUT2D eigenvalue weighted by Gasteiger charge is -2.11. The Labute approximate surface area is 199 Å². The third-order valence-electron chi connectivity index (χ3n) is 5.71. The van der Waals surface area contributed by atoms with Gasteiger partial charge in [0.15, 0.2) is 11.6 Å². The molecule has 0 aliphatic heterocycles. The highest BCUT2D eigenvalue weighted by atomic mass is 19.4. The van der Waals surface area contributed by atoms with Crippen LogP contribution in [-0.4, -0.2) is 16.6 Å². The summed E-state index contributed by atoms with van der Waals surface area (Å²) in [6, 6.07) is 11.4. The average molecular weight is 486 g/mol. The topological polar surface area (TPSA) is 35.0 Å². The van der Waals surface area contributed by atoms with Crippen LogP contribution >= 0.6 is 0 Å². The Morgan fingerprint density at radius 2 is 1.66 bits per heavy atom. The highest BCUT2D eigenvalue weighted by Crippen LogP contribution is 2.32. The number of ether oxygens (including phenoxy) is 1. The molecule has 0 aliphatic rings. The smallest absolute Gasteiger partial charge is 0.419 e. The molecule has 0 N–H and O–H groups in total. The van der Waals surface area contributed by atoms with Gasteiger partial charge in [-0.15, -0.1) is 0 Å². The first kappa shape index (κ1) is 24.6. The number of benzene rings is 3. The molecule has 0 aliphatic carbocycles. The lowest BCUT2D eigenvalue weighted by molar-refractivity contribution is -0.140. The van der Waals surface area contributed by atoms with E-state index in [1.54, 1.807) is 42.7 Å². The molecule has 4 rings (SSSR count).